The maximum atomic E-state index is 3.72. The minimum absolute atomic E-state index is 0. The van der Waals surface area contributed by atoms with Crippen LogP contribution >= 0.6 is 0 Å². The van der Waals surface area contributed by atoms with E-state index in [-0.39, 0.29) is 58.9 Å². The summed E-state index contributed by atoms with van der Waals surface area (Å²) in [6.07, 6.45) is 9.75. The summed E-state index contributed by atoms with van der Waals surface area (Å²) in [5.74, 6) is 0.622. The summed E-state index contributed by atoms with van der Waals surface area (Å²) in [6, 6.07) is 12.5. The summed E-state index contributed by atoms with van der Waals surface area (Å²) in [4.78, 5) is 0. The molecule has 0 N–H and O–H groups in total. The van der Waals surface area contributed by atoms with Gasteiger partial charge in [-0.25, -0.2) is 5.20 Å². The molecule has 1 aromatic rings. The molecule has 1 aliphatic carbocycles. The molecular weight excluding hydrogens is 411 g/mol. The number of hydrogen-bond acceptors (Lipinski definition) is 0. The maximum absolute atomic E-state index is 3.72. The summed E-state index contributed by atoms with van der Waals surface area (Å²) < 4.78 is 0. The Balaban J connectivity index is -0.00000110. The Bertz CT molecular complexity index is 515. The second kappa shape index (κ2) is 13.7. The molecule has 0 nitrogen and oxygen atoms in total. The maximum Gasteiger partial charge on any atom is 4.00 e. The van der Waals surface area contributed by atoms with Crippen LogP contribution in [0.25, 0.3) is 0 Å². The SMILES string of the molecule is CCCC[Si](C)(C1=[C-]CC=C1C(C)C)c1ccccc1.[Cl-].[Cl-].[Cl-].[Ti+4]. The molecular formula is C19H27Cl3SiTi. The first kappa shape index (κ1) is 29.3. The largest absolute Gasteiger partial charge is 4.00 e. The predicted octanol–water partition coefficient (Wildman–Crippen LogP) is -3.96. The van der Waals surface area contributed by atoms with Crippen molar-refractivity contribution in [3.63, 3.8) is 0 Å². The Hall–Kier alpha value is 0.501. The van der Waals surface area contributed by atoms with E-state index in [9.17, 15) is 0 Å². The van der Waals surface area contributed by atoms with Crippen LogP contribution in [0.2, 0.25) is 12.6 Å². The molecule has 1 aromatic carbocycles. The van der Waals surface area contributed by atoms with Crippen molar-refractivity contribution in [2.24, 2.45) is 5.92 Å². The van der Waals surface area contributed by atoms with Crippen molar-refractivity contribution in [1.82, 2.24) is 0 Å². The Labute approximate surface area is 183 Å². The zero-order valence-electron chi connectivity index (χ0n) is 15.0. The molecule has 0 bridgehead atoms. The Morgan fingerprint density at radius 1 is 1.08 bits per heavy atom. The standard InChI is InChI=1S/C19H27Si.3ClH.Ti/c1-5-6-15-20(4,17-11-8-7-9-12-17)19-14-10-13-18(19)16(2)3;;;;/h7-9,11-13,16H,5-6,10,15H2,1-4H3;3*1H;/q-1;;;;+4/p-3. The van der Waals surface area contributed by atoms with Gasteiger partial charge in [0, 0.05) is 0 Å². The first-order chi connectivity index (χ1) is 9.59. The molecule has 1 aliphatic rings. The molecule has 0 heterocycles. The zero-order chi connectivity index (χ0) is 14.6. The molecule has 132 valence electrons. The van der Waals surface area contributed by atoms with E-state index in [0.29, 0.717) is 5.92 Å². The molecule has 0 saturated heterocycles. The third kappa shape index (κ3) is 6.67. The number of allylic oxidation sites excluding steroid dienone is 4. The van der Waals surface area contributed by atoms with E-state index in [1.165, 1.54) is 18.9 Å². The number of halogens is 3. The first-order valence-corrected chi connectivity index (χ1v) is 10.7. The smallest absolute Gasteiger partial charge is 1.00 e. The minimum atomic E-state index is -1.60. The van der Waals surface area contributed by atoms with Crippen LogP contribution in [0.4, 0.5) is 0 Å². The third-order valence-corrected chi connectivity index (χ3v) is 9.03. The van der Waals surface area contributed by atoms with Gasteiger partial charge in [0.05, 0.1) is 8.07 Å². The van der Waals surface area contributed by atoms with Crippen molar-refractivity contribution < 1.29 is 58.9 Å². The van der Waals surface area contributed by atoms with Crippen LogP contribution in [0.3, 0.4) is 0 Å². The van der Waals surface area contributed by atoms with Gasteiger partial charge in [0.25, 0.3) is 0 Å². The minimum Gasteiger partial charge on any atom is -1.00 e. The first-order valence-electron chi connectivity index (χ1n) is 7.97. The van der Waals surface area contributed by atoms with Crippen molar-refractivity contribution in [1.29, 1.82) is 0 Å². The monoisotopic (exact) mass is 436 g/mol. The van der Waals surface area contributed by atoms with Crippen molar-refractivity contribution in [3.05, 3.63) is 53.3 Å². The average Bonchev–Trinajstić information content (AvgIpc) is 2.96. The molecule has 0 aliphatic heterocycles. The fourth-order valence-corrected chi connectivity index (χ4v) is 7.59. The summed E-state index contributed by atoms with van der Waals surface area (Å²) in [6.45, 7) is 9.48. The van der Waals surface area contributed by atoms with Gasteiger partial charge in [0.1, 0.15) is 0 Å². The molecule has 1 unspecified atom stereocenters. The number of unbranched alkanes of at least 4 members (excludes halogenated alkanes) is 1. The number of hydrogen-bond donors (Lipinski definition) is 0. The molecule has 1 atom stereocenters. The van der Waals surface area contributed by atoms with E-state index in [1.807, 2.05) is 0 Å². The normalized spacial score (nSPS) is 14.9. The van der Waals surface area contributed by atoms with Crippen LogP contribution in [0, 0.1) is 12.0 Å². The van der Waals surface area contributed by atoms with E-state index < -0.39 is 8.07 Å². The van der Waals surface area contributed by atoms with Gasteiger partial charge in [-0.15, -0.1) is 6.42 Å². The van der Waals surface area contributed by atoms with Crippen LogP contribution in [0.15, 0.2) is 47.2 Å². The van der Waals surface area contributed by atoms with Gasteiger partial charge in [-0.05, 0) is 0 Å². The molecule has 2 rings (SSSR count). The summed E-state index contributed by atoms with van der Waals surface area (Å²) in [7, 11) is -1.60. The molecule has 0 radical (unpaired) electrons. The Morgan fingerprint density at radius 2 is 1.67 bits per heavy atom. The van der Waals surface area contributed by atoms with Crippen LogP contribution in [0.1, 0.15) is 40.0 Å². The number of benzene rings is 1. The van der Waals surface area contributed by atoms with Crippen LogP contribution in [0.5, 0.6) is 0 Å². The van der Waals surface area contributed by atoms with Gasteiger partial charge in [0.15, 0.2) is 0 Å². The van der Waals surface area contributed by atoms with Gasteiger partial charge in [-0.2, -0.15) is 11.6 Å². The van der Waals surface area contributed by atoms with Crippen molar-refractivity contribution in [3.8, 4) is 0 Å². The topological polar surface area (TPSA) is 0 Å². The second-order valence-corrected chi connectivity index (χ2v) is 10.6. The van der Waals surface area contributed by atoms with Crippen molar-refractivity contribution in [2.75, 3.05) is 0 Å². The van der Waals surface area contributed by atoms with Crippen LogP contribution in [-0.4, -0.2) is 8.07 Å². The van der Waals surface area contributed by atoms with E-state index in [2.05, 4.69) is 69.8 Å². The predicted molar refractivity (Wildman–Crippen MR) is 91.7 cm³/mol. The Kier molecular flexibility index (Phi) is 16.7. The van der Waals surface area contributed by atoms with Gasteiger partial charge in [-0.3, -0.25) is 6.08 Å². The van der Waals surface area contributed by atoms with Crippen LogP contribution < -0.4 is 42.4 Å². The molecule has 24 heavy (non-hydrogen) atoms. The van der Waals surface area contributed by atoms with Gasteiger partial charge < -0.3 is 37.2 Å². The fraction of sp³-hybridized carbons (Fsp3) is 0.474. The molecule has 0 amide bonds. The van der Waals surface area contributed by atoms with Crippen molar-refractivity contribution >= 4 is 13.3 Å². The van der Waals surface area contributed by atoms with Gasteiger partial charge in [-0.1, -0.05) is 87.6 Å². The summed E-state index contributed by atoms with van der Waals surface area (Å²) >= 11 is 0. The molecule has 0 fully saturated rings. The molecule has 0 spiro atoms. The molecule has 5 heteroatoms. The molecule has 0 aromatic heterocycles. The van der Waals surface area contributed by atoms with E-state index >= 15 is 0 Å². The van der Waals surface area contributed by atoms with E-state index in [0.717, 1.165) is 6.42 Å². The summed E-state index contributed by atoms with van der Waals surface area (Å²) in [5, 5.41) is 3.16. The van der Waals surface area contributed by atoms with E-state index in [4.69, 9.17) is 0 Å². The van der Waals surface area contributed by atoms with Crippen molar-refractivity contribution in [2.45, 2.75) is 52.6 Å². The molecule has 0 saturated carbocycles. The van der Waals surface area contributed by atoms with Crippen LogP contribution in [-0.2, 0) is 21.7 Å². The third-order valence-electron chi connectivity index (χ3n) is 4.50. The second-order valence-electron chi connectivity index (χ2n) is 6.37. The Morgan fingerprint density at radius 3 is 2.17 bits per heavy atom. The zero-order valence-corrected chi connectivity index (χ0v) is 19.8. The number of rotatable bonds is 6. The van der Waals surface area contributed by atoms with E-state index in [1.54, 1.807) is 16.0 Å². The quantitative estimate of drug-likeness (QED) is 0.315. The summed E-state index contributed by atoms with van der Waals surface area (Å²) in [5.41, 5.74) is 1.57. The van der Waals surface area contributed by atoms with Gasteiger partial charge in [0.2, 0.25) is 0 Å². The average molecular weight is 438 g/mol. The van der Waals surface area contributed by atoms with Gasteiger partial charge >= 0.3 is 21.7 Å². The fourth-order valence-electron chi connectivity index (χ4n) is 3.26.